The molecule has 4 aromatic rings. The first kappa shape index (κ1) is 12.7. The van der Waals surface area contributed by atoms with Crippen molar-refractivity contribution >= 4 is 21.7 Å². The second-order valence-corrected chi connectivity index (χ2v) is 5.23. The van der Waals surface area contributed by atoms with Crippen molar-refractivity contribution in [2.75, 3.05) is 0 Å². The number of benzene rings is 3. The maximum atomic E-state index is 10.2. The maximum Gasteiger partial charge on any atom is 0.125 e. The first-order valence-corrected chi connectivity index (χ1v) is 7.04. The van der Waals surface area contributed by atoms with Crippen molar-refractivity contribution in [3.8, 4) is 22.8 Å². The summed E-state index contributed by atoms with van der Waals surface area (Å²) in [5.74, 6) is 0.406. The molecule has 0 saturated carbocycles. The second-order valence-electron chi connectivity index (χ2n) is 5.23. The van der Waals surface area contributed by atoms with Crippen molar-refractivity contribution in [1.29, 1.82) is 0 Å². The Balaban J connectivity index is 2.08. The van der Waals surface area contributed by atoms with E-state index in [1.165, 1.54) is 0 Å². The first-order valence-electron chi connectivity index (χ1n) is 7.04. The number of hydrogen-bond donors (Lipinski definition) is 2. The molecule has 1 aromatic heterocycles. The Morgan fingerprint density at radius 2 is 1.36 bits per heavy atom. The molecule has 0 fully saturated rings. The highest BCUT2D eigenvalue weighted by Gasteiger charge is 2.10. The normalized spacial score (nSPS) is 11.1. The van der Waals surface area contributed by atoms with Crippen LogP contribution in [0.4, 0.5) is 0 Å². The summed E-state index contributed by atoms with van der Waals surface area (Å²) in [5.41, 5.74) is 2.09. The van der Waals surface area contributed by atoms with E-state index in [9.17, 15) is 10.2 Å². The zero-order chi connectivity index (χ0) is 15.1. The van der Waals surface area contributed by atoms with Gasteiger partial charge in [-0.15, -0.1) is 0 Å². The van der Waals surface area contributed by atoms with E-state index < -0.39 is 0 Å². The van der Waals surface area contributed by atoms with Gasteiger partial charge in [-0.1, -0.05) is 42.5 Å². The van der Waals surface area contributed by atoms with Gasteiger partial charge in [0, 0.05) is 16.3 Å². The fourth-order valence-corrected chi connectivity index (χ4v) is 2.78. The Hall–Kier alpha value is -3.07. The molecule has 106 valence electrons. The standard InChI is InChI=1S/C19H13NO2/c21-16-6-2-1-5-14(16)15-11-10-13-9-8-12-4-3-7-17(22)18(12)19(13)20-15/h1-11,21-22H. The van der Waals surface area contributed by atoms with Gasteiger partial charge in [-0.2, -0.15) is 0 Å². The monoisotopic (exact) mass is 287 g/mol. The largest absolute Gasteiger partial charge is 0.507 e. The zero-order valence-electron chi connectivity index (χ0n) is 11.7. The summed E-state index contributed by atoms with van der Waals surface area (Å²) in [7, 11) is 0. The van der Waals surface area contributed by atoms with Crippen LogP contribution in [0.15, 0.2) is 66.7 Å². The predicted molar refractivity (Wildman–Crippen MR) is 88.0 cm³/mol. The molecule has 0 spiro atoms. The molecule has 0 bridgehead atoms. The van der Waals surface area contributed by atoms with E-state index in [1.54, 1.807) is 18.2 Å². The van der Waals surface area contributed by atoms with Crippen LogP contribution in [0.3, 0.4) is 0 Å². The van der Waals surface area contributed by atoms with Crippen LogP contribution in [0.25, 0.3) is 32.9 Å². The van der Waals surface area contributed by atoms with Crippen molar-refractivity contribution in [3.05, 3.63) is 66.7 Å². The molecule has 0 aliphatic carbocycles. The number of aromatic hydroxyl groups is 2. The lowest BCUT2D eigenvalue weighted by Crippen LogP contribution is -1.87. The third kappa shape index (κ3) is 1.87. The molecule has 2 N–H and O–H groups in total. The van der Waals surface area contributed by atoms with Crippen molar-refractivity contribution in [2.45, 2.75) is 0 Å². The lowest BCUT2D eigenvalue weighted by atomic mass is 10.0. The molecule has 0 amide bonds. The Labute approximate surface area is 127 Å². The van der Waals surface area contributed by atoms with E-state index in [-0.39, 0.29) is 11.5 Å². The van der Waals surface area contributed by atoms with Crippen LogP contribution in [-0.4, -0.2) is 15.2 Å². The van der Waals surface area contributed by atoms with Crippen LogP contribution in [0, 0.1) is 0 Å². The number of pyridine rings is 1. The van der Waals surface area contributed by atoms with E-state index in [0.29, 0.717) is 11.3 Å². The average Bonchev–Trinajstić information content (AvgIpc) is 2.55. The number of aromatic nitrogens is 1. The fraction of sp³-hybridized carbons (Fsp3) is 0. The van der Waals surface area contributed by atoms with Crippen molar-refractivity contribution in [2.24, 2.45) is 0 Å². The van der Waals surface area contributed by atoms with Gasteiger partial charge in [0.1, 0.15) is 11.5 Å². The molecular formula is C19H13NO2. The molecule has 0 atom stereocenters. The highest BCUT2D eigenvalue weighted by Crippen LogP contribution is 2.34. The molecule has 22 heavy (non-hydrogen) atoms. The van der Waals surface area contributed by atoms with Gasteiger partial charge < -0.3 is 10.2 Å². The van der Waals surface area contributed by atoms with Gasteiger partial charge in [0.15, 0.2) is 0 Å². The second kappa shape index (κ2) is 4.74. The summed E-state index contributed by atoms with van der Waals surface area (Å²) in [4.78, 5) is 4.68. The lowest BCUT2D eigenvalue weighted by Gasteiger charge is -2.08. The van der Waals surface area contributed by atoms with Gasteiger partial charge in [-0.3, -0.25) is 0 Å². The molecule has 3 nitrogen and oxygen atoms in total. The average molecular weight is 287 g/mol. The molecule has 1 heterocycles. The van der Waals surface area contributed by atoms with Gasteiger partial charge in [0.25, 0.3) is 0 Å². The topological polar surface area (TPSA) is 53.4 Å². The summed E-state index contributed by atoms with van der Waals surface area (Å²) in [6.45, 7) is 0. The number of rotatable bonds is 1. The van der Waals surface area contributed by atoms with Gasteiger partial charge in [0.2, 0.25) is 0 Å². The summed E-state index contributed by atoms with van der Waals surface area (Å²) >= 11 is 0. The molecule has 3 heteroatoms. The number of phenols is 2. The Bertz CT molecular complexity index is 1010. The van der Waals surface area contributed by atoms with E-state index in [0.717, 1.165) is 21.7 Å². The number of phenolic OH excluding ortho intramolecular Hbond substituents is 2. The highest BCUT2D eigenvalue weighted by molar-refractivity contribution is 6.08. The van der Waals surface area contributed by atoms with E-state index in [4.69, 9.17) is 0 Å². The van der Waals surface area contributed by atoms with Gasteiger partial charge in [-0.05, 0) is 29.7 Å². The number of fused-ring (bicyclic) bond motifs is 3. The van der Waals surface area contributed by atoms with Crippen LogP contribution < -0.4 is 0 Å². The Kier molecular flexibility index (Phi) is 2.73. The minimum Gasteiger partial charge on any atom is -0.507 e. The van der Waals surface area contributed by atoms with Crippen LogP contribution in [0.2, 0.25) is 0 Å². The van der Waals surface area contributed by atoms with Gasteiger partial charge in [0.05, 0.1) is 11.2 Å². The molecule has 0 radical (unpaired) electrons. The van der Waals surface area contributed by atoms with Crippen molar-refractivity contribution in [1.82, 2.24) is 4.98 Å². The number of hydrogen-bond acceptors (Lipinski definition) is 3. The summed E-state index contributed by atoms with van der Waals surface area (Å²) in [6.07, 6.45) is 0. The van der Waals surface area contributed by atoms with Crippen LogP contribution in [0.5, 0.6) is 11.5 Å². The quantitative estimate of drug-likeness (QED) is 0.508. The summed E-state index contributed by atoms with van der Waals surface area (Å²) < 4.78 is 0. The predicted octanol–water partition coefficient (Wildman–Crippen LogP) is 4.47. The lowest BCUT2D eigenvalue weighted by molar-refractivity contribution is 0.477. The van der Waals surface area contributed by atoms with Crippen molar-refractivity contribution < 1.29 is 10.2 Å². The smallest absolute Gasteiger partial charge is 0.125 e. The first-order chi connectivity index (χ1) is 10.7. The molecule has 3 aromatic carbocycles. The molecule has 0 aliphatic heterocycles. The van der Waals surface area contributed by atoms with Crippen LogP contribution in [-0.2, 0) is 0 Å². The Morgan fingerprint density at radius 1 is 0.636 bits per heavy atom. The fourth-order valence-electron chi connectivity index (χ4n) is 2.78. The molecule has 4 rings (SSSR count). The summed E-state index contributed by atoms with van der Waals surface area (Å²) in [6, 6.07) is 20.3. The van der Waals surface area contributed by atoms with Crippen LogP contribution >= 0.6 is 0 Å². The number of para-hydroxylation sites is 1. The SMILES string of the molecule is Oc1ccccc1-c1ccc2ccc3cccc(O)c3c2n1. The minimum atomic E-state index is 0.193. The third-order valence-electron chi connectivity index (χ3n) is 3.86. The van der Waals surface area contributed by atoms with Crippen molar-refractivity contribution in [3.63, 3.8) is 0 Å². The van der Waals surface area contributed by atoms with Gasteiger partial charge in [-0.25, -0.2) is 4.98 Å². The zero-order valence-corrected chi connectivity index (χ0v) is 11.7. The highest BCUT2D eigenvalue weighted by atomic mass is 16.3. The molecular weight excluding hydrogens is 274 g/mol. The maximum absolute atomic E-state index is 10.2. The number of nitrogens with zero attached hydrogens (tertiary/aromatic N) is 1. The van der Waals surface area contributed by atoms with Crippen LogP contribution in [0.1, 0.15) is 0 Å². The van der Waals surface area contributed by atoms with E-state index in [1.807, 2.05) is 48.5 Å². The Morgan fingerprint density at radius 3 is 2.23 bits per heavy atom. The van der Waals surface area contributed by atoms with Gasteiger partial charge >= 0.3 is 0 Å². The molecule has 0 saturated heterocycles. The third-order valence-corrected chi connectivity index (χ3v) is 3.86. The summed E-state index contributed by atoms with van der Waals surface area (Å²) in [5, 5.41) is 22.8. The molecule has 0 aliphatic rings. The minimum absolute atomic E-state index is 0.193. The molecule has 0 unspecified atom stereocenters. The van der Waals surface area contributed by atoms with E-state index >= 15 is 0 Å². The van der Waals surface area contributed by atoms with E-state index in [2.05, 4.69) is 4.98 Å².